The van der Waals surface area contributed by atoms with Crippen LogP contribution in [0.1, 0.15) is 16.6 Å². The number of sulfonamides is 1. The fourth-order valence-corrected chi connectivity index (χ4v) is 4.91. The van der Waals surface area contributed by atoms with Crippen molar-refractivity contribution in [1.82, 2.24) is 4.31 Å². The first-order chi connectivity index (χ1) is 8.87. The lowest BCUT2D eigenvalue weighted by molar-refractivity contribution is 0.0602. The van der Waals surface area contributed by atoms with Crippen molar-refractivity contribution in [3.05, 3.63) is 16.3 Å². The number of nitrogens with zero attached hydrogens (tertiary/aromatic N) is 1. The molecule has 1 saturated heterocycles. The van der Waals surface area contributed by atoms with E-state index in [0.29, 0.717) is 6.54 Å². The topological polar surface area (TPSA) is 89.7 Å². The van der Waals surface area contributed by atoms with E-state index >= 15 is 0 Å². The predicted octanol–water partition coefficient (Wildman–Crippen LogP) is 0.502. The van der Waals surface area contributed by atoms with Crippen molar-refractivity contribution in [3.63, 3.8) is 0 Å². The average molecular weight is 304 g/mol. The van der Waals surface area contributed by atoms with Crippen molar-refractivity contribution in [2.45, 2.75) is 17.9 Å². The van der Waals surface area contributed by atoms with Gasteiger partial charge in [-0.2, -0.15) is 4.31 Å². The summed E-state index contributed by atoms with van der Waals surface area (Å²) in [5, 5.41) is 1.57. The first-order valence-electron chi connectivity index (χ1n) is 5.79. The minimum atomic E-state index is -3.68. The first kappa shape index (κ1) is 14.4. The van der Waals surface area contributed by atoms with E-state index in [2.05, 4.69) is 4.74 Å². The molecule has 0 spiro atoms. The van der Waals surface area contributed by atoms with Crippen LogP contribution in [0.5, 0.6) is 0 Å². The van der Waals surface area contributed by atoms with E-state index in [1.165, 1.54) is 17.5 Å². The van der Waals surface area contributed by atoms with Gasteiger partial charge in [-0.1, -0.05) is 6.92 Å². The Morgan fingerprint density at radius 1 is 1.53 bits per heavy atom. The van der Waals surface area contributed by atoms with Crippen LogP contribution in [0.25, 0.3) is 0 Å². The minimum Gasteiger partial charge on any atom is -0.465 e. The molecule has 1 aromatic rings. The molecule has 8 heteroatoms. The van der Waals surface area contributed by atoms with E-state index in [1.807, 2.05) is 6.92 Å². The maximum Gasteiger partial charge on any atom is 0.349 e. The zero-order chi connectivity index (χ0) is 14.2. The number of nitrogens with two attached hydrogens (primary N) is 1. The number of carbonyl (C=O) groups is 1. The number of carbonyl (C=O) groups excluding carboxylic acids is 1. The molecule has 2 unspecified atom stereocenters. The molecule has 0 aliphatic carbocycles. The van der Waals surface area contributed by atoms with Crippen molar-refractivity contribution in [2.24, 2.45) is 11.7 Å². The molecule has 2 N–H and O–H groups in total. The van der Waals surface area contributed by atoms with Gasteiger partial charge in [-0.15, -0.1) is 11.3 Å². The third-order valence-electron chi connectivity index (χ3n) is 3.25. The summed E-state index contributed by atoms with van der Waals surface area (Å²) in [6, 6.07) is 1.26. The zero-order valence-corrected chi connectivity index (χ0v) is 12.3. The molecule has 0 aromatic carbocycles. The van der Waals surface area contributed by atoms with Crippen molar-refractivity contribution >= 4 is 27.3 Å². The molecule has 0 amide bonds. The first-order valence-corrected chi connectivity index (χ1v) is 8.11. The normalized spacial score (nSPS) is 24.6. The van der Waals surface area contributed by atoms with Crippen LogP contribution < -0.4 is 5.73 Å². The van der Waals surface area contributed by atoms with Gasteiger partial charge in [0.25, 0.3) is 0 Å². The summed E-state index contributed by atoms with van der Waals surface area (Å²) < 4.78 is 30.9. The summed E-state index contributed by atoms with van der Waals surface area (Å²) in [6.45, 7) is 2.56. The van der Waals surface area contributed by atoms with Crippen LogP contribution >= 0.6 is 11.3 Å². The lowest BCUT2D eigenvalue weighted by Crippen LogP contribution is -2.32. The molecule has 0 radical (unpaired) electrons. The second-order valence-electron chi connectivity index (χ2n) is 4.57. The second-order valence-corrected chi connectivity index (χ2v) is 7.39. The van der Waals surface area contributed by atoms with Crippen LogP contribution in [-0.4, -0.2) is 44.9 Å². The van der Waals surface area contributed by atoms with Gasteiger partial charge in [0.05, 0.1) is 7.11 Å². The van der Waals surface area contributed by atoms with Gasteiger partial charge in [0, 0.05) is 19.1 Å². The van der Waals surface area contributed by atoms with Gasteiger partial charge in [0.2, 0.25) is 10.0 Å². The van der Waals surface area contributed by atoms with Crippen molar-refractivity contribution in [3.8, 4) is 0 Å². The van der Waals surface area contributed by atoms with Gasteiger partial charge < -0.3 is 10.5 Å². The van der Waals surface area contributed by atoms with E-state index in [-0.39, 0.29) is 28.3 Å². The van der Waals surface area contributed by atoms with E-state index in [4.69, 9.17) is 5.73 Å². The van der Waals surface area contributed by atoms with Gasteiger partial charge in [-0.3, -0.25) is 0 Å². The lowest BCUT2D eigenvalue weighted by Gasteiger charge is -2.15. The number of ether oxygens (including phenoxy) is 1. The lowest BCUT2D eigenvalue weighted by atomic mass is 10.1. The molecule has 2 atom stereocenters. The molecule has 0 bridgehead atoms. The maximum atomic E-state index is 12.5. The quantitative estimate of drug-likeness (QED) is 0.821. The Balaban J connectivity index is 2.36. The van der Waals surface area contributed by atoms with Gasteiger partial charge in [-0.25, -0.2) is 13.2 Å². The number of esters is 1. The molecule has 2 rings (SSSR count). The Hall–Kier alpha value is -0.960. The van der Waals surface area contributed by atoms with Crippen molar-refractivity contribution in [1.29, 1.82) is 0 Å². The highest BCUT2D eigenvalue weighted by molar-refractivity contribution is 7.89. The summed E-state index contributed by atoms with van der Waals surface area (Å²) in [4.78, 5) is 11.7. The molecule has 1 aliphatic rings. The van der Waals surface area contributed by atoms with Crippen LogP contribution in [-0.2, 0) is 14.8 Å². The van der Waals surface area contributed by atoms with Gasteiger partial charge in [-0.05, 0) is 17.4 Å². The highest BCUT2D eigenvalue weighted by Gasteiger charge is 2.37. The second kappa shape index (κ2) is 5.20. The minimum absolute atomic E-state index is 0.00523. The number of hydrogen-bond acceptors (Lipinski definition) is 6. The molecule has 1 fully saturated rings. The maximum absolute atomic E-state index is 12.5. The smallest absolute Gasteiger partial charge is 0.349 e. The molecule has 1 aromatic heterocycles. The van der Waals surface area contributed by atoms with Crippen molar-refractivity contribution < 1.29 is 17.9 Å². The largest absolute Gasteiger partial charge is 0.465 e. The van der Waals surface area contributed by atoms with E-state index in [0.717, 1.165) is 11.3 Å². The molecule has 2 heterocycles. The van der Waals surface area contributed by atoms with E-state index < -0.39 is 16.0 Å². The van der Waals surface area contributed by atoms with Crippen LogP contribution in [0.3, 0.4) is 0 Å². The Kier molecular flexibility index (Phi) is 3.95. The molecule has 1 aliphatic heterocycles. The molecule has 6 nitrogen and oxygen atoms in total. The molecule has 0 saturated carbocycles. The Labute approximate surface area is 116 Å². The Morgan fingerprint density at radius 3 is 2.74 bits per heavy atom. The predicted molar refractivity (Wildman–Crippen MR) is 71.6 cm³/mol. The van der Waals surface area contributed by atoms with E-state index in [9.17, 15) is 13.2 Å². The zero-order valence-electron chi connectivity index (χ0n) is 10.7. The number of methoxy groups -OCH3 is 1. The van der Waals surface area contributed by atoms with Crippen LogP contribution in [0.2, 0.25) is 0 Å². The Bertz CT molecular complexity index is 571. The monoisotopic (exact) mass is 304 g/mol. The SMILES string of the molecule is COC(=O)c1sccc1S(=O)(=O)N1CC(C)C(N)C1. The highest BCUT2D eigenvalue weighted by Crippen LogP contribution is 2.29. The van der Waals surface area contributed by atoms with Crippen molar-refractivity contribution in [2.75, 3.05) is 20.2 Å². The summed E-state index contributed by atoms with van der Waals surface area (Å²) in [6.07, 6.45) is 0. The third kappa shape index (κ3) is 2.53. The number of hydrogen-bond donors (Lipinski definition) is 1. The van der Waals surface area contributed by atoms with Gasteiger partial charge in [0.15, 0.2) is 0 Å². The molecular weight excluding hydrogens is 288 g/mol. The summed E-state index contributed by atoms with van der Waals surface area (Å²) >= 11 is 1.06. The highest BCUT2D eigenvalue weighted by atomic mass is 32.2. The fourth-order valence-electron chi connectivity index (χ4n) is 2.02. The fraction of sp³-hybridized carbons (Fsp3) is 0.545. The average Bonchev–Trinajstić information content (AvgIpc) is 2.97. The molecular formula is C11H16N2O4S2. The number of thiophene rings is 1. The summed E-state index contributed by atoms with van der Waals surface area (Å²) in [7, 11) is -2.46. The van der Waals surface area contributed by atoms with Crippen LogP contribution in [0.4, 0.5) is 0 Å². The number of rotatable bonds is 3. The third-order valence-corrected chi connectivity index (χ3v) is 6.15. The summed E-state index contributed by atoms with van der Waals surface area (Å²) in [5.74, 6) is -0.528. The van der Waals surface area contributed by atoms with E-state index in [1.54, 1.807) is 5.38 Å². The molecule has 106 valence electrons. The summed E-state index contributed by atoms with van der Waals surface area (Å²) in [5.41, 5.74) is 5.85. The Morgan fingerprint density at radius 2 is 2.21 bits per heavy atom. The standard InChI is InChI=1S/C11H16N2O4S2/c1-7-5-13(6-8(7)12)19(15,16)9-3-4-18-10(9)11(14)17-2/h3-4,7-8H,5-6,12H2,1-2H3. The van der Waals surface area contributed by atoms with Crippen LogP contribution in [0, 0.1) is 5.92 Å². The van der Waals surface area contributed by atoms with Crippen LogP contribution in [0.15, 0.2) is 16.3 Å². The van der Waals surface area contributed by atoms with Gasteiger partial charge in [0.1, 0.15) is 9.77 Å². The molecule has 19 heavy (non-hydrogen) atoms. The van der Waals surface area contributed by atoms with Gasteiger partial charge >= 0.3 is 5.97 Å².